The van der Waals surface area contributed by atoms with Crippen LogP contribution in [0.25, 0.3) is 0 Å². The van der Waals surface area contributed by atoms with Gasteiger partial charge in [0.2, 0.25) is 0 Å². The van der Waals surface area contributed by atoms with Crippen molar-refractivity contribution in [3.63, 3.8) is 0 Å². The Morgan fingerprint density at radius 2 is 2.09 bits per heavy atom. The SMILES string of the molecule is CCCC[C@H]1CC[C@H](Nc2cncc(C(F)(F)F)n2)C(=O)[C@H]1O. The first-order valence-corrected chi connectivity index (χ1v) is 7.70. The summed E-state index contributed by atoms with van der Waals surface area (Å²) in [5.41, 5.74) is -1.12. The number of alkyl halides is 3. The number of hydrogen-bond donors (Lipinski definition) is 2. The molecule has 2 N–H and O–H groups in total. The maximum Gasteiger partial charge on any atom is 0.434 e. The van der Waals surface area contributed by atoms with Crippen molar-refractivity contribution >= 4 is 11.6 Å². The molecule has 0 aromatic carbocycles. The Morgan fingerprint density at radius 1 is 1.35 bits per heavy atom. The van der Waals surface area contributed by atoms with Crippen LogP contribution in [-0.2, 0) is 11.0 Å². The lowest BCUT2D eigenvalue weighted by Gasteiger charge is -2.32. The fourth-order valence-electron chi connectivity index (χ4n) is 2.78. The standard InChI is InChI=1S/C15H20F3N3O2/c1-2-3-4-9-5-6-10(14(23)13(9)22)20-12-8-19-7-11(21-12)15(16,17)18/h7-10,13,22H,2-6H2,1H3,(H,20,21)/t9-,10-,13-/m0/s1. The van der Waals surface area contributed by atoms with E-state index in [1.54, 1.807) is 0 Å². The van der Waals surface area contributed by atoms with Crippen molar-refractivity contribution in [1.29, 1.82) is 0 Å². The van der Waals surface area contributed by atoms with Gasteiger partial charge in [-0.3, -0.25) is 9.78 Å². The maximum atomic E-state index is 12.6. The van der Waals surface area contributed by atoms with E-state index in [9.17, 15) is 23.1 Å². The van der Waals surface area contributed by atoms with E-state index in [4.69, 9.17) is 0 Å². The van der Waals surface area contributed by atoms with Gasteiger partial charge in [-0.25, -0.2) is 4.98 Å². The molecule has 128 valence electrons. The first-order valence-electron chi connectivity index (χ1n) is 7.70. The summed E-state index contributed by atoms with van der Waals surface area (Å²) in [6, 6.07) is -0.735. The van der Waals surface area contributed by atoms with Crippen molar-refractivity contribution in [3.05, 3.63) is 18.1 Å². The fourth-order valence-corrected chi connectivity index (χ4v) is 2.78. The minimum absolute atomic E-state index is 0.0758. The van der Waals surface area contributed by atoms with Crippen LogP contribution in [0.15, 0.2) is 12.4 Å². The van der Waals surface area contributed by atoms with E-state index in [1.807, 2.05) is 6.92 Å². The number of carbonyl (C=O) groups excluding carboxylic acids is 1. The minimum atomic E-state index is -4.59. The molecule has 0 unspecified atom stereocenters. The molecule has 0 aliphatic heterocycles. The molecular weight excluding hydrogens is 311 g/mol. The highest BCUT2D eigenvalue weighted by Gasteiger charge is 2.37. The molecule has 0 saturated heterocycles. The summed E-state index contributed by atoms with van der Waals surface area (Å²) in [5.74, 6) is -0.581. The number of nitrogens with one attached hydrogen (secondary N) is 1. The van der Waals surface area contributed by atoms with Crippen molar-refractivity contribution in [1.82, 2.24) is 9.97 Å². The highest BCUT2D eigenvalue weighted by molar-refractivity contribution is 5.91. The summed E-state index contributed by atoms with van der Waals surface area (Å²) in [6.07, 6.45) is -0.0938. The van der Waals surface area contributed by atoms with Gasteiger partial charge in [-0.1, -0.05) is 19.8 Å². The molecule has 3 atom stereocenters. The van der Waals surface area contributed by atoms with Crippen molar-refractivity contribution < 1.29 is 23.1 Å². The number of carbonyl (C=O) groups is 1. The van der Waals surface area contributed by atoms with Crippen LogP contribution in [0.5, 0.6) is 0 Å². The average molecular weight is 331 g/mol. The Bertz CT molecular complexity index is 551. The second kappa shape index (κ2) is 7.25. The first-order chi connectivity index (χ1) is 10.8. The van der Waals surface area contributed by atoms with Crippen LogP contribution >= 0.6 is 0 Å². The number of ketones is 1. The Morgan fingerprint density at radius 3 is 2.74 bits per heavy atom. The number of nitrogens with zero attached hydrogens (tertiary/aromatic N) is 2. The lowest BCUT2D eigenvalue weighted by Crippen LogP contribution is -2.46. The number of anilines is 1. The highest BCUT2D eigenvalue weighted by atomic mass is 19.4. The largest absolute Gasteiger partial charge is 0.434 e. The first kappa shape index (κ1) is 17.7. The highest BCUT2D eigenvalue weighted by Crippen LogP contribution is 2.30. The van der Waals surface area contributed by atoms with E-state index in [0.29, 0.717) is 19.0 Å². The molecule has 1 aromatic heterocycles. The van der Waals surface area contributed by atoms with Crippen LogP contribution in [0.4, 0.5) is 19.0 Å². The second-order valence-electron chi connectivity index (χ2n) is 5.81. The number of aromatic nitrogens is 2. The number of hydrogen-bond acceptors (Lipinski definition) is 5. The van der Waals surface area contributed by atoms with E-state index < -0.39 is 29.8 Å². The molecule has 8 heteroatoms. The molecule has 1 aliphatic rings. The predicted molar refractivity (Wildman–Crippen MR) is 77.7 cm³/mol. The molecule has 5 nitrogen and oxygen atoms in total. The molecule has 1 heterocycles. The smallest absolute Gasteiger partial charge is 0.385 e. The summed E-state index contributed by atoms with van der Waals surface area (Å²) in [6.45, 7) is 2.04. The van der Waals surface area contributed by atoms with E-state index in [-0.39, 0.29) is 11.7 Å². The molecule has 0 radical (unpaired) electrons. The van der Waals surface area contributed by atoms with Crippen molar-refractivity contribution in [3.8, 4) is 0 Å². The van der Waals surface area contributed by atoms with Gasteiger partial charge in [0, 0.05) is 0 Å². The molecule has 0 spiro atoms. The number of halogens is 3. The van der Waals surface area contributed by atoms with Crippen LogP contribution in [-0.4, -0.2) is 33.0 Å². The van der Waals surface area contributed by atoms with Gasteiger partial charge in [0.05, 0.1) is 18.4 Å². The third-order valence-electron chi connectivity index (χ3n) is 4.08. The van der Waals surface area contributed by atoms with Gasteiger partial charge in [0.15, 0.2) is 11.5 Å². The van der Waals surface area contributed by atoms with Crippen LogP contribution in [0.1, 0.15) is 44.7 Å². The number of unbranched alkanes of at least 4 members (excludes halogenated alkanes) is 1. The van der Waals surface area contributed by atoms with Crippen molar-refractivity contribution in [2.24, 2.45) is 5.92 Å². The Kier molecular flexibility index (Phi) is 5.56. The lowest BCUT2D eigenvalue weighted by atomic mass is 9.80. The van der Waals surface area contributed by atoms with Crippen LogP contribution in [0, 0.1) is 5.92 Å². The van der Waals surface area contributed by atoms with Gasteiger partial charge in [0.25, 0.3) is 0 Å². The van der Waals surface area contributed by atoms with Gasteiger partial charge >= 0.3 is 6.18 Å². The zero-order valence-electron chi connectivity index (χ0n) is 12.8. The minimum Gasteiger partial charge on any atom is -0.385 e. The maximum absolute atomic E-state index is 12.6. The van der Waals surface area contributed by atoms with Crippen molar-refractivity contribution in [2.75, 3.05) is 5.32 Å². The van der Waals surface area contributed by atoms with Gasteiger partial charge in [-0.15, -0.1) is 0 Å². The van der Waals surface area contributed by atoms with E-state index in [2.05, 4.69) is 15.3 Å². The molecule has 2 rings (SSSR count). The molecule has 0 amide bonds. The Labute approximate surface area is 132 Å². The Hall–Kier alpha value is -1.70. The van der Waals surface area contributed by atoms with Gasteiger partial charge in [0.1, 0.15) is 11.9 Å². The zero-order valence-corrected chi connectivity index (χ0v) is 12.8. The van der Waals surface area contributed by atoms with Crippen LogP contribution in [0.3, 0.4) is 0 Å². The van der Waals surface area contributed by atoms with Crippen LogP contribution < -0.4 is 5.32 Å². The van der Waals surface area contributed by atoms with Crippen LogP contribution in [0.2, 0.25) is 0 Å². The number of Topliss-reactive ketones (excluding diaryl/α,β-unsaturated/α-hetero) is 1. The average Bonchev–Trinajstić information content (AvgIpc) is 2.51. The number of aliphatic hydroxyl groups is 1. The quantitative estimate of drug-likeness (QED) is 0.868. The fraction of sp³-hybridized carbons (Fsp3) is 0.667. The molecular formula is C15H20F3N3O2. The number of rotatable bonds is 5. The van der Waals surface area contributed by atoms with Gasteiger partial charge in [-0.2, -0.15) is 13.2 Å². The van der Waals surface area contributed by atoms with E-state index >= 15 is 0 Å². The van der Waals surface area contributed by atoms with Crippen molar-refractivity contribution in [2.45, 2.75) is 57.3 Å². The number of aliphatic hydroxyl groups excluding tert-OH is 1. The zero-order chi connectivity index (χ0) is 17.0. The van der Waals surface area contributed by atoms with E-state index in [0.717, 1.165) is 25.5 Å². The molecule has 23 heavy (non-hydrogen) atoms. The summed E-state index contributed by atoms with van der Waals surface area (Å²) < 4.78 is 37.9. The molecule has 0 bridgehead atoms. The second-order valence-corrected chi connectivity index (χ2v) is 5.81. The summed E-state index contributed by atoms with van der Waals surface area (Å²) >= 11 is 0. The normalized spacial score (nSPS) is 25.4. The molecule has 1 aromatic rings. The van der Waals surface area contributed by atoms with Gasteiger partial charge in [-0.05, 0) is 25.2 Å². The summed E-state index contributed by atoms with van der Waals surface area (Å²) in [5, 5.41) is 12.8. The molecule has 1 fully saturated rings. The molecule has 1 aliphatic carbocycles. The van der Waals surface area contributed by atoms with Gasteiger partial charge < -0.3 is 10.4 Å². The Balaban J connectivity index is 2.03. The predicted octanol–water partition coefficient (Wildman–Crippen LogP) is 2.81. The summed E-state index contributed by atoms with van der Waals surface area (Å²) in [7, 11) is 0. The third kappa shape index (κ3) is 4.40. The van der Waals surface area contributed by atoms with E-state index in [1.165, 1.54) is 0 Å². The third-order valence-corrected chi connectivity index (χ3v) is 4.08. The monoisotopic (exact) mass is 331 g/mol. The summed E-state index contributed by atoms with van der Waals surface area (Å²) in [4.78, 5) is 19.1. The molecule has 1 saturated carbocycles. The topological polar surface area (TPSA) is 75.1 Å². The lowest BCUT2D eigenvalue weighted by molar-refractivity contribution is -0.141.